The fourth-order valence-corrected chi connectivity index (χ4v) is 4.45. The number of rotatable bonds is 0. The highest BCUT2D eigenvalue weighted by molar-refractivity contribution is 6.10. The molecule has 2 atom stereocenters. The van der Waals surface area contributed by atoms with E-state index in [0.717, 1.165) is 0 Å². The van der Waals surface area contributed by atoms with Crippen molar-refractivity contribution in [1.29, 1.82) is 0 Å². The number of hydrogen-bond acceptors (Lipinski definition) is 1. The number of hydrogen-bond donors (Lipinski definition) is 2. The minimum atomic E-state index is 0.332. The zero-order valence-corrected chi connectivity index (χ0v) is 13.1. The summed E-state index contributed by atoms with van der Waals surface area (Å²) in [6, 6.07) is 22.1. The smallest absolute Gasteiger partial charge is 0.0624 e. The molecule has 0 saturated carbocycles. The molecule has 2 unspecified atom stereocenters. The number of fused-ring (bicyclic) bond motifs is 9. The third-order valence-electron chi connectivity index (χ3n) is 5.55. The molecule has 2 heteroatoms. The number of para-hydroxylation sites is 2. The van der Waals surface area contributed by atoms with Crippen molar-refractivity contribution in [1.82, 2.24) is 4.98 Å². The molecule has 1 aliphatic carbocycles. The number of nitrogens with one attached hydrogen (secondary N) is 2. The van der Waals surface area contributed by atoms with E-state index in [2.05, 4.69) is 83.1 Å². The van der Waals surface area contributed by atoms with Crippen molar-refractivity contribution in [3.8, 4) is 0 Å². The first-order valence-electron chi connectivity index (χ1n) is 8.47. The second-order valence-electron chi connectivity index (χ2n) is 6.76. The van der Waals surface area contributed by atoms with E-state index < -0.39 is 0 Å². The Morgan fingerprint density at radius 1 is 0.750 bits per heavy atom. The van der Waals surface area contributed by atoms with Gasteiger partial charge < -0.3 is 10.3 Å². The first-order chi connectivity index (χ1) is 11.9. The van der Waals surface area contributed by atoms with Gasteiger partial charge >= 0.3 is 0 Å². The minimum absolute atomic E-state index is 0.332. The van der Waals surface area contributed by atoms with Gasteiger partial charge in [0, 0.05) is 33.5 Å². The summed E-state index contributed by atoms with van der Waals surface area (Å²) in [6.07, 6.45) is 4.66. The topological polar surface area (TPSA) is 27.8 Å². The molecule has 1 aliphatic heterocycles. The van der Waals surface area contributed by atoms with Crippen molar-refractivity contribution in [3.63, 3.8) is 0 Å². The molecule has 2 N–H and O–H groups in total. The van der Waals surface area contributed by atoms with Crippen LogP contribution in [0.5, 0.6) is 0 Å². The van der Waals surface area contributed by atoms with Gasteiger partial charge in [0.05, 0.1) is 11.6 Å². The van der Waals surface area contributed by atoms with Crippen LogP contribution < -0.4 is 5.32 Å². The van der Waals surface area contributed by atoms with Crippen molar-refractivity contribution >= 4 is 33.6 Å². The van der Waals surface area contributed by atoms with E-state index >= 15 is 0 Å². The predicted octanol–water partition coefficient (Wildman–Crippen LogP) is 5.60. The van der Waals surface area contributed by atoms with Gasteiger partial charge in [-0.1, -0.05) is 60.7 Å². The van der Waals surface area contributed by atoms with Crippen LogP contribution in [0.1, 0.15) is 28.7 Å². The lowest BCUT2D eigenvalue weighted by Gasteiger charge is -2.24. The number of H-pyrrole nitrogens is 1. The lowest BCUT2D eigenvalue weighted by molar-refractivity contribution is 0.728. The van der Waals surface area contributed by atoms with E-state index in [4.69, 9.17) is 0 Å². The van der Waals surface area contributed by atoms with E-state index in [-0.39, 0.29) is 0 Å². The number of anilines is 1. The van der Waals surface area contributed by atoms with Crippen molar-refractivity contribution in [2.24, 2.45) is 0 Å². The van der Waals surface area contributed by atoms with Gasteiger partial charge in [0.25, 0.3) is 0 Å². The molecular weight excluding hydrogens is 292 g/mol. The maximum Gasteiger partial charge on any atom is 0.0624 e. The molecule has 0 fully saturated rings. The van der Waals surface area contributed by atoms with Gasteiger partial charge in [-0.15, -0.1) is 0 Å². The standard InChI is InChI=1S/C22H16N2/c1-3-7-19-13(5-1)15-9-11-18-17(21(15)23-19)12-10-16-14-6-2-4-8-20(14)24-22(16)18/h1-12,15,21,23-24H. The van der Waals surface area contributed by atoms with Crippen LogP contribution in [-0.2, 0) is 0 Å². The number of aromatic nitrogens is 1. The molecule has 0 bridgehead atoms. The van der Waals surface area contributed by atoms with Crippen LogP contribution in [-0.4, -0.2) is 4.98 Å². The highest BCUT2D eigenvalue weighted by atomic mass is 15.0. The monoisotopic (exact) mass is 308 g/mol. The Morgan fingerprint density at radius 2 is 1.62 bits per heavy atom. The Labute approximate surface area is 139 Å². The third kappa shape index (κ3) is 1.46. The van der Waals surface area contributed by atoms with E-state index in [0.29, 0.717) is 12.0 Å². The first-order valence-corrected chi connectivity index (χ1v) is 8.47. The predicted molar refractivity (Wildman–Crippen MR) is 100 cm³/mol. The third-order valence-corrected chi connectivity index (χ3v) is 5.55. The average Bonchev–Trinajstić information content (AvgIpc) is 3.20. The fraction of sp³-hybridized carbons (Fsp3) is 0.0909. The van der Waals surface area contributed by atoms with Crippen LogP contribution >= 0.6 is 0 Å². The highest BCUT2D eigenvalue weighted by Crippen LogP contribution is 2.49. The molecule has 2 nitrogen and oxygen atoms in total. The maximum absolute atomic E-state index is 3.73. The summed E-state index contributed by atoms with van der Waals surface area (Å²) in [7, 11) is 0. The first kappa shape index (κ1) is 12.4. The van der Waals surface area contributed by atoms with Gasteiger partial charge in [-0.05, 0) is 23.3 Å². The van der Waals surface area contributed by atoms with Gasteiger partial charge in [0.1, 0.15) is 0 Å². The largest absolute Gasteiger partial charge is 0.377 e. The molecule has 24 heavy (non-hydrogen) atoms. The summed E-state index contributed by atoms with van der Waals surface area (Å²) in [5, 5.41) is 6.33. The Morgan fingerprint density at radius 3 is 2.62 bits per heavy atom. The van der Waals surface area contributed by atoms with E-state index in [1.165, 1.54) is 44.2 Å². The molecule has 3 aromatic carbocycles. The second kappa shape index (κ2) is 4.30. The molecule has 6 rings (SSSR count). The Hall–Kier alpha value is -3.00. The lowest BCUT2D eigenvalue weighted by atomic mass is 9.83. The number of aromatic amines is 1. The van der Waals surface area contributed by atoms with Gasteiger partial charge in [0.2, 0.25) is 0 Å². The van der Waals surface area contributed by atoms with Crippen LogP contribution in [0.15, 0.2) is 66.7 Å². The summed E-state index contributed by atoms with van der Waals surface area (Å²) in [5.74, 6) is 0.426. The lowest BCUT2D eigenvalue weighted by Crippen LogP contribution is -2.14. The highest BCUT2D eigenvalue weighted by Gasteiger charge is 2.35. The average molecular weight is 308 g/mol. The quantitative estimate of drug-likeness (QED) is 0.435. The minimum Gasteiger partial charge on any atom is -0.377 e. The Kier molecular flexibility index (Phi) is 2.22. The molecular formula is C22H16N2. The van der Waals surface area contributed by atoms with E-state index in [1.807, 2.05) is 0 Å². The van der Waals surface area contributed by atoms with Crippen LogP contribution in [0, 0.1) is 0 Å². The van der Waals surface area contributed by atoms with Crippen LogP contribution in [0.2, 0.25) is 0 Å². The van der Waals surface area contributed by atoms with Gasteiger partial charge in [0.15, 0.2) is 0 Å². The summed E-state index contributed by atoms with van der Waals surface area (Å²) in [4.78, 5) is 3.63. The fourth-order valence-electron chi connectivity index (χ4n) is 4.45. The zero-order valence-electron chi connectivity index (χ0n) is 13.1. The molecule has 114 valence electrons. The Bertz CT molecular complexity index is 1150. The zero-order chi connectivity index (χ0) is 15.7. The molecule has 4 aromatic rings. The molecule has 0 radical (unpaired) electrons. The van der Waals surface area contributed by atoms with Crippen LogP contribution in [0.3, 0.4) is 0 Å². The van der Waals surface area contributed by atoms with Crippen molar-refractivity contribution in [2.45, 2.75) is 12.0 Å². The van der Waals surface area contributed by atoms with Crippen molar-refractivity contribution in [2.75, 3.05) is 5.32 Å². The van der Waals surface area contributed by atoms with Gasteiger partial charge in [-0.3, -0.25) is 0 Å². The molecule has 0 spiro atoms. The van der Waals surface area contributed by atoms with Gasteiger partial charge in [-0.2, -0.15) is 0 Å². The normalized spacial score (nSPS) is 20.7. The molecule has 2 heterocycles. The Balaban J connectivity index is 1.62. The van der Waals surface area contributed by atoms with E-state index in [9.17, 15) is 0 Å². The van der Waals surface area contributed by atoms with Crippen LogP contribution in [0.4, 0.5) is 5.69 Å². The summed E-state index contributed by atoms with van der Waals surface area (Å²) in [5.41, 5.74) is 7.84. The van der Waals surface area contributed by atoms with E-state index in [1.54, 1.807) is 0 Å². The summed E-state index contributed by atoms with van der Waals surface area (Å²) >= 11 is 0. The van der Waals surface area contributed by atoms with Gasteiger partial charge in [-0.25, -0.2) is 0 Å². The molecule has 0 amide bonds. The maximum atomic E-state index is 3.73. The van der Waals surface area contributed by atoms with Crippen LogP contribution in [0.25, 0.3) is 27.9 Å². The molecule has 0 saturated heterocycles. The molecule has 2 aliphatic rings. The van der Waals surface area contributed by atoms with Crippen molar-refractivity contribution in [3.05, 3.63) is 83.4 Å². The SMILES string of the molecule is C1=CC2c3ccccc3NC2c2ccc3c([nH]c4ccccc43)c21. The molecule has 1 aromatic heterocycles. The summed E-state index contributed by atoms with van der Waals surface area (Å²) in [6.45, 7) is 0. The summed E-state index contributed by atoms with van der Waals surface area (Å²) < 4.78 is 0. The second-order valence-corrected chi connectivity index (χ2v) is 6.76. The van der Waals surface area contributed by atoms with Crippen molar-refractivity contribution < 1.29 is 0 Å². The number of benzene rings is 3.